The predicted molar refractivity (Wildman–Crippen MR) is 110 cm³/mol. The third-order valence-electron chi connectivity index (χ3n) is 4.40. The van der Waals surface area contributed by atoms with Gasteiger partial charge in [0.15, 0.2) is 11.5 Å². The molecule has 2 rings (SSSR count). The highest BCUT2D eigenvalue weighted by Crippen LogP contribution is 2.40. The van der Waals surface area contributed by atoms with Crippen molar-refractivity contribution in [3.8, 4) is 11.5 Å². The second kappa shape index (κ2) is 11.4. The third kappa shape index (κ3) is 7.30. The lowest BCUT2D eigenvalue weighted by Crippen LogP contribution is -2.73. The lowest BCUT2D eigenvalue weighted by Gasteiger charge is -2.19. The molecule has 11 heteroatoms. The maximum atomic E-state index is 12.9. The summed E-state index contributed by atoms with van der Waals surface area (Å²) >= 11 is 1.24. The summed E-state index contributed by atoms with van der Waals surface area (Å²) in [5.74, 6) is -1.46. The average molecular weight is 478 g/mol. The number of alkyl halides is 4. The Labute approximate surface area is 186 Å². The van der Waals surface area contributed by atoms with E-state index in [-0.39, 0.29) is 0 Å². The molecule has 0 fully saturated rings. The van der Waals surface area contributed by atoms with E-state index < -0.39 is 36.2 Å². The lowest BCUT2D eigenvalue weighted by atomic mass is 9.90. The molecular weight excluding hydrogens is 452 g/mol. The summed E-state index contributed by atoms with van der Waals surface area (Å²) in [6.45, 7) is -1.46. The summed E-state index contributed by atoms with van der Waals surface area (Å²) in [6.07, 6.45) is 6.88. The van der Waals surface area contributed by atoms with Crippen LogP contribution in [0, 0.1) is 0 Å². The number of rotatable bonds is 11. The van der Waals surface area contributed by atoms with Gasteiger partial charge < -0.3 is 14.6 Å². The van der Waals surface area contributed by atoms with E-state index in [0.717, 1.165) is 17.1 Å². The Morgan fingerprint density at radius 2 is 1.84 bits per heavy atom. The Kier molecular flexibility index (Phi) is 9.20. The second-order valence-electron chi connectivity index (χ2n) is 7.22. The molecular formula is C21H25F4N2O4S+. The number of nitrogens with zero attached hydrogens (tertiary/aromatic N) is 1. The molecule has 0 bridgehead atoms. The topological polar surface area (TPSA) is 88.4 Å². The van der Waals surface area contributed by atoms with Gasteiger partial charge in [0.25, 0.3) is 0 Å². The van der Waals surface area contributed by atoms with E-state index in [9.17, 15) is 22.7 Å². The lowest BCUT2D eigenvalue weighted by molar-refractivity contribution is -0.838. The predicted octanol–water partition coefficient (Wildman–Crippen LogP) is 4.51. The first-order chi connectivity index (χ1) is 15.0. The highest BCUT2D eigenvalue weighted by Gasteiger charge is 2.26. The summed E-state index contributed by atoms with van der Waals surface area (Å²) in [4.78, 5) is 4.98. The van der Waals surface area contributed by atoms with Crippen LogP contribution in [-0.2, 0) is 5.60 Å². The van der Waals surface area contributed by atoms with E-state index in [4.69, 9.17) is 5.21 Å². The molecule has 1 unspecified atom stereocenters. The molecule has 1 heterocycles. The molecule has 0 aliphatic carbocycles. The maximum absolute atomic E-state index is 12.9. The van der Waals surface area contributed by atoms with E-state index in [1.165, 1.54) is 29.7 Å². The van der Waals surface area contributed by atoms with Gasteiger partial charge in [-0.3, -0.25) is 0 Å². The normalized spacial score (nSPS) is 13.9. The molecule has 1 aromatic carbocycles. The number of ether oxygens (including phenoxy) is 2. The standard InChI is InChI=1S/C21H24F4N2O4S/c1-4-12(7-8-27-29)9-14(17-11-26-18(32-17)21(2,3)28)13-5-6-15(30-19(22)23)16(10-13)31-20(24)25/h4-8,10-11,14,19-20,27-29H,9H2,1-3H3/p+1/b8-7-,12-4+. The molecule has 0 aliphatic rings. The molecule has 176 valence electrons. The van der Waals surface area contributed by atoms with Gasteiger partial charge in [-0.15, -0.1) is 11.3 Å². The zero-order valence-electron chi connectivity index (χ0n) is 17.6. The number of aromatic nitrogens is 1. The number of benzene rings is 1. The zero-order chi connectivity index (χ0) is 23.9. The van der Waals surface area contributed by atoms with Gasteiger partial charge in [-0.25, -0.2) is 10.2 Å². The van der Waals surface area contributed by atoms with Crippen molar-refractivity contribution in [2.75, 3.05) is 0 Å². The van der Waals surface area contributed by atoms with Gasteiger partial charge in [0.05, 0.1) is 0 Å². The first-order valence-electron chi connectivity index (χ1n) is 9.56. The van der Waals surface area contributed by atoms with Gasteiger partial charge in [0.2, 0.25) is 0 Å². The summed E-state index contributed by atoms with van der Waals surface area (Å²) in [5.41, 5.74) is 1.00. The fourth-order valence-corrected chi connectivity index (χ4v) is 3.97. The number of thiazole rings is 1. The van der Waals surface area contributed by atoms with Crippen molar-refractivity contribution in [3.05, 3.63) is 63.8 Å². The number of nitrogens with two attached hydrogens (primary N) is 1. The van der Waals surface area contributed by atoms with E-state index in [0.29, 0.717) is 21.9 Å². The van der Waals surface area contributed by atoms with Crippen LogP contribution in [-0.4, -0.2) is 28.5 Å². The molecule has 0 saturated carbocycles. The molecule has 0 aliphatic heterocycles. The number of quaternary nitrogens is 1. The smallest absolute Gasteiger partial charge is 0.387 e. The van der Waals surface area contributed by atoms with Gasteiger partial charge in [-0.1, -0.05) is 12.1 Å². The molecule has 0 amide bonds. The number of halogens is 4. The van der Waals surface area contributed by atoms with Crippen molar-refractivity contribution in [2.45, 2.75) is 51.9 Å². The minimum atomic E-state index is -3.23. The molecule has 0 radical (unpaired) electrons. The van der Waals surface area contributed by atoms with Gasteiger partial charge >= 0.3 is 13.2 Å². The van der Waals surface area contributed by atoms with Crippen molar-refractivity contribution in [1.29, 1.82) is 0 Å². The Hall–Kier alpha value is -2.47. The molecule has 1 atom stereocenters. The fourth-order valence-electron chi connectivity index (χ4n) is 2.92. The quantitative estimate of drug-likeness (QED) is 0.252. The first-order valence-corrected chi connectivity index (χ1v) is 10.4. The summed E-state index contributed by atoms with van der Waals surface area (Å²) < 4.78 is 59.8. The molecule has 4 N–H and O–H groups in total. The van der Waals surface area contributed by atoms with E-state index in [1.807, 2.05) is 6.08 Å². The van der Waals surface area contributed by atoms with Gasteiger partial charge in [-0.05, 0) is 56.5 Å². The maximum Gasteiger partial charge on any atom is 0.387 e. The Morgan fingerprint density at radius 1 is 1.19 bits per heavy atom. The van der Waals surface area contributed by atoms with E-state index in [2.05, 4.69) is 14.5 Å². The highest BCUT2D eigenvalue weighted by molar-refractivity contribution is 7.11. The number of hydrogen-bond acceptors (Lipinski definition) is 6. The number of aliphatic hydroxyl groups is 1. The van der Waals surface area contributed by atoms with Crippen molar-refractivity contribution in [1.82, 2.24) is 4.98 Å². The molecule has 0 spiro atoms. The zero-order valence-corrected chi connectivity index (χ0v) is 18.5. The minimum absolute atomic E-state index is 0.373. The molecule has 2 aromatic rings. The summed E-state index contributed by atoms with van der Waals surface area (Å²) in [5, 5.41) is 19.7. The van der Waals surface area contributed by atoms with Crippen LogP contribution in [0.1, 0.15) is 48.6 Å². The third-order valence-corrected chi connectivity index (χ3v) is 5.82. The fraction of sp³-hybridized carbons (Fsp3) is 0.381. The van der Waals surface area contributed by atoms with Crippen molar-refractivity contribution in [3.63, 3.8) is 0 Å². The molecule has 0 saturated heterocycles. The van der Waals surface area contributed by atoms with Crippen LogP contribution in [0.25, 0.3) is 0 Å². The monoisotopic (exact) mass is 477 g/mol. The summed E-state index contributed by atoms with van der Waals surface area (Å²) in [7, 11) is 0. The van der Waals surface area contributed by atoms with Gasteiger partial charge in [0, 0.05) is 17.0 Å². The number of hydrogen-bond donors (Lipinski definition) is 3. The van der Waals surface area contributed by atoms with E-state index >= 15 is 0 Å². The molecule has 6 nitrogen and oxygen atoms in total. The van der Waals surface area contributed by atoms with Crippen LogP contribution in [0.15, 0.2) is 48.3 Å². The SMILES string of the molecule is C/C=C(\C=C/[NH2+]O)CC(c1ccc(OC(F)F)c(OC(F)F)c1)c1cnc(C(C)(C)O)s1. The Bertz CT molecular complexity index is 942. The molecule has 1 aromatic heterocycles. The average Bonchev–Trinajstić information content (AvgIpc) is 3.19. The van der Waals surface area contributed by atoms with Crippen LogP contribution in [0.5, 0.6) is 11.5 Å². The second-order valence-corrected chi connectivity index (χ2v) is 8.28. The Balaban J connectivity index is 2.55. The van der Waals surface area contributed by atoms with Gasteiger partial charge in [0.1, 0.15) is 16.8 Å². The largest absolute Gasteiger partial charge is 0.431 e. The highest BCUT2D eigenvalue weighted by atomic mass is 32.1. The Morgan fingerprint density at radius 3 is 2.38 bits per heavy atom. The van der Waals surface area contributed by atoms with Crippen molar-refractivity contribution < 1.29 is 42.8 Å². The van der Waals surface area contributed by atoms with Crippen LogP contribution < -0.4 is 15.0 Å². The van der Waals surface area contributed by atoms with Crippen LogP contribution in [0.3, 0.4) is 0 Å². The van der Waals surface area contributed by atoms with Crippen molar-refractivity contribution >= 4 is 11.3 Å². The first kappa shape index (κ1) is 25.8. The van der Waals surface area contributed by atoms with Crippen LogP contribution in [0.2, 0.25) is 0 Å². The molecule has 32 heavy (non-hydrogen) atoms. The van der Waals surface area contributed by atoms with Gasteiger partial charge in [-0.2, -0.15) is 23.0 Å². The van der Waals surface area contributed by atoms with Crippen LogP contribution in [0.4, 0.5) is 17.6 Å². The number of allylic oxidation sites excluding steroid dienone is 3. The minimum Gasteiger partial charge on any atom is -0.431 e. The number of hydroxylamine groups is 1. The van der Waals surface area contributed by atoms with E-state index in [1.54, 1.807) is 33.0 Å². The summed E-state index contributed by atoms with van der Waals surface area (Å²) in [6, 6.07) is 3.86. The van der Waals surface area contributed by atoms with Crippen molar-refractivity contribution in [2.24, 2.45) is 0 Å². The van der Waals surface area contributed by atoms with Crippen LogP contribution >= 0.6 is 11.3 Å².